The first-order valence-corrected chi connectivity index (χ1v) is 11.7. The summed E-state index contributed by atoms with van der Waals surface area (Å²) < 4.78 is 41.2. The molecule has 1 saturated carbocycles. The largest absolute Gasteiger partial charge is 0.522 e. The first-order chi connectivity index (χ1) is 16.6. The van der Waals surface area contributed by atoms with Crippen molar-refractivity contribution in [2.24, 2.45) is 11.3 Å². The Labute approximate surface area is 200 Å². The molecule has 0 bridgehead atoms. The predicted molar refractivity (Wildman–Crippen MR) is 117 cm³/mol. The summed E-state index contributed by atoms with van der Waals surface area (Å²) in [4.78, 5) is 52.5. The normalized spacial score (nSPS) is 23.7. The Morgan fingerprint density at radius 1 is 1.20 bits per heavy atom. The lowest BCUT2D eigenvalue weighted by molar-refractivity contribution is -0.321. The summed E-state index contributed by atoms with van der Waals surface area (Å²) >= 11 is 0. The van der Waals surface area contributed by atoms with Gasteiger partial charge in [0.2, 0.25) is 17.7 Å². The molecule has 4 rings (SSSR count). The Balaban J connectivity index is 1.46. The van der Waals surface area contributed by atoms with E-state index in [2.05, 4.69) is 15.4 Å². The number of hydrogen-bond acceptors (Lipinski definition) is 5. The SMILES string of the molecule is O=C1NCC[C@H]1C[C@H](NC(=O)[C@@H]1CC2(CC2)CN1C(=O)Cc1ccccc1)C(=O)COC(F)(F)F. The molecule has 2 aliphatic heterocycles. The van der Waals surface area contributed by atoms with E-state index in [1.807, 2.05) is 30.3 Å². The maximum Gasteiger partial charge on any atom is 0.522 e. The van der Waals surface area contributed by atoms with Gasteiger partial charge in [-0.2, -0.15) is 0 Å². The molecule has 1 spiro atoms. The van der Waals surface area contributed by atoms with Crippen LogP contribution in [-0.4, -0.2) is 66.5 Å². The number of benzene rings is 1. The number of amides is 3. The van der Waals surface area contributed by atoms with Crippen LogP contribution in [0.15, 0.2) is 30.3 Å². The zero-order chi connectivity index (χ0) is 25.2. The summed E-state index contributed by atoms with van der Waals surface area (Å²) in [5.41, 5.74) is 0.677. The fourth-order valence-corrected chi connectivity index (χ4v) is 4.91. The van der Waals surface area contributed by atoms with Crippen molar-refractivity contribution in [3.63, 3.8) is 0 Å². The van der Waals surface area contributed by atoms with E-state index < -0.39 is 42.7 Å². The lowest BCUT2D eigenvalue weighted by Crippen LogP contribution is -2.52. The van der Waals surface area contributed by atoms with Crippen molar-refractivity contribution in [3.05, 3.63) is 35.9 Å². The van der Waals surface area contributed by atoms with Crippen molar-refractivity contribution < 1.29 is 37.1 Å². The summed E-state index contributed by atoms with van der Waals surface area (Å²) in [6.45, 7) is -0.448. The van der Waals surface area contributed by atoms with Crippen LogP contribution in [-0.2, 0) is 30.3 Å². The van der Waals surface area contributed by atoms with Crippen molar-refractivity contribution >= 4 is 23.5 Å². The number of likely N-dealkylation sites (tertiary alicyclic amines) is 1. The van der Waals surface area contributed by atoms with Crippen LogP contribution in [0, 0.1) is 11.3 Å². The van der Waals surface area contributed by atoms with Gasteiger partial charge in [0.1, 0.15) is 12.6 Å². The average molecular weight is 495 g/mol. The molecule has 8 nitrogen and oxygen atoms in total. The van der Waals surface area contributed by atoms with Crippen LogP contribution in [0.4, 0.5) is 13.2 Å². The number of carbonyl (C=O) groups excluding carboxylic acids is 4. The Hall–Kier alpha value is -2.95. The van der Waals surface area contributed by atoms with E-state index >= 15 is 0 Å². The van der Waals surface area contributed by atoms with E-state index in [1.54, 1.807) is 0 Å². The molecule has 0 unspecified atom stereocenters. The minimum absolute atomic E-state index is 0.116. The Bertz CT molecular complexity index is 980. The third-order valence-electron chi connectivity index (χ3n) is 7.05. The average Bonchev–Trinajstić information content (AvgIpc) is 3.26. The Morgan fingerprint density at radius 2 is 1.91 bits per heavy atom. The topological polar surface area (TPSA) is 105 Å². The van der Waals surface area contributed by atoms with Gasteiger partial charge >= 0.3 is 6.36 Å². The predicted octanol–water partition coefficient (Wildman–Crippen LogP) is 1.73. The Morgan fingerprint density at radius 3 is 2.51 bits per heavy atom. The lowest BCUT2D eigenvalue weighted by Gasteiger charge is -2.27. The van der Waals surface area contributed by atoms with Gasteiger partial charge in [0.05, 0.1) is 12.5 Å². The Kier molecular flexibility index (Phi) is 7.16. The molecule has 2 heterocycles. The summed E-state index contributed by atoms with van der Waals surface area (Å²) in [6.07, 6.45) is -2.40. The molecule has 0 radical (unpaired) electrons. The second-order valence-electron chi connectivity index (χ2n) is 9.68. The highest BCUT2D eigenvalue weighted by Crippen LogP contribution is 2.54. The first kappa shape index (κ1) is 25.2. The minimum atomic E-state index is -5.00. The highest BCUT2D eigenvalue weighted by atomic mass is 19.4. The van der Waals surface area contributed by atoms with Gasteiger partial charge in [-0.05, 0) is 43.1 Å². The van der Waals surface area contributed by atoms with Crippen LogP contribution >= 0.6 is 0 Å². The van der Waals surface area contributed by atoms with Gasteiger partial charge in [-0.3, -0.25) is 23.9 Å². The fourth-order valence-electron chi connectivity index (χ4n) is 4.91. The smallest absolute Gasteiger partial charge is 0.356 e. The third-order valence-corrected chi connectivity index (χ3v) is 7.05. The second-order valence-corrected chi connectivity index (χ2v) is 9.68. The second kappa shape index (κ2) is 9.96. The van der Waals surface area contributed by atoms with Crippen molar-refractivity contribution in [2.75, 3.05) is 19.7 Å². The van der Waals surface area contributed by atoms with Gasteiger partial charge in [-0.1, -0.05) is 30.3 Å². The molecule has 2 saturated heterocycles. The number of hydrogen-bond donors (Lipinski definition) is 2. The maximum atomic E-state index is 13.3. The molecule has 1 aliphatic carbocycles. The first-order valence-electron chi connectivity index (χ1n) is 11.7. The van der Waals surface area contributed by atoms with E-state index in [1.165, 1.54) is 4.90 Å². The summed E-state index contributed by atoms with van der Waals surface area (Å²) in [5.74, 6) is -2.72. The number of nitrogens with zero attached hydrogens (tertiary/aromatic N) is 1. The molecule has 2 N–H and O–H groups in total. The maximum absolute atomic E-state index is 13.3. The van der Waals surface area contributed by atoms with Crippen molar-refractivity contribution in [1.29, 1.82) is 0 Å². The van der Waals surface area contributed by atoms with E-state index in [-0.39, 0.29) is 30.1 Å². The van der Waals surface area contributed by atoms with Crippen molar-refractivity contribution in [2.45, 2.75) is 57.0 Å². The highest BCUT2D eigenvalue weighted by Gasteiger charge is 2.55. The molecule has 3 aliphatic rings. The quantitative estimate of drug-likeness (QED) is 0.543. The zero-order valence-electron chi connectivity index (χ0n) is 19.1. The van der Waals surface area contributed by atoms with Crippen molar-refractivity contribution in [1.82, 2.24) is 15.5 Å². The number of ketones is 1. The summed E-state index contributed by atoms with van der Waals surface area (Å²) in [7, 11) is 0. The van der Waals surface area contributed by atoms with Gasteiger partial charge < -0.3 is 15.5 Å². The monoisotopic (exact) mass is 495 g/mol. The minimum Gasteiger partial charge on any atom is -0.356 e. The number of carbonyl (C=O) groups is 4. The molecule has 35 heavy (non-hydrogen) atoms. The van der Waals surface area contributed by atoms with Gasteiger partial charge in [0.25, 0.3) is 0 Å². The van der Waals surface area contributed by atoms with Crippen LogP contribution in [0.1, 0.15) is 37.7 Å². The van der Waals surface area contributed by atoms with Gasteiger partial charge in [0.15, 0.2) is 5.78 Å². The van der Waals surface area contributed by atoms with Crippen molar-refractivity contribution in [3.8, 4) is 0 Å². The third kappa shape index (κ3) is 6.39. The number of rotatable bonds is 9. The molecule has 3 fully saturated rings. The molecule has 190 valence electrons. The van der Waals surface area contributed by atoms with E-state index in [0.717, 1.165) is 18.4 Å². The van der Waals surface area contributed by atoms with Crippen LogP contribution < -0.4 is 10.6 Å². The van der Waals surface area contributed by atoms with Crippen LogP contribution in [0.3, 0.4) is 0 Å². The highest BCUT2D eigenvalue weighted by molar-refractivity contribution is 5.94. The number of Topliss-reactive ketones (excluding diaryl/α,β-unsaturated/α-hetero) is 1. The van der Waals surface area contributed by atoms with E-state index in [0.29, 0.717) is 25.9 Å². The number of alkyl halides is 3. The number of halogens is 3. The van der Waals surface area contributed by atoms with Gasteiger partial charge in [0, 0.05) is 19.0 Å². The molecule has 1 aromatic carbocycles. The molecule has 11 heteroatoms. The van der Waals surface area contributed by atoms with E-state index in [9.17, 15) is 32.3 Å². The number of nitrogens with one attached hydrogen (secondary N) is 2. The molecule has 1 aromatic rings. The summed E-state index contributed by atoms with van der Waals surface area (Å²) in [5, 5.41) is 5.16. The molecular weight excluding hydrogens is 467 g/mol. The summed E-state index contributed by atoms with van der Waals surface area (Å²) in [6, 6.07) is 6.94. The van der Waals surface area contributed by atoms with Gasteiger partial charge in [-0.15, -0.1) is 13.2 Å². The fraction of sp³-hybridized carbons (Fsp3) is 0.583. The van der Waals surface area contributed by atoms with Crippen LogP contribution in [0.2, 0.25) is 0 Å². The number of ether oxygens (including phenoxy) is 1. The molecule has 3 amide bonds. The standard InChI is InChI=1S/C24H28F3N3O5/c25-24(26,27)35-13-19(31)17(11-16-6-9-28-21(16)33)29-22(34)18-12-23(7-8-23)14-30(18)20(32)10-15-4-2-1-3-5-15/h1-5,16-18H,6-14H2,(H,28,33)(H,29,34)/t16-,17-,18-/m0/s1. The molecule has 3 atom stereocenters. The van der Waals surface area contributed by atoms with Gasteiger partial charge in [-0.25, -0.2) is 0 Å². The van der Waals surface area contributed by atoms with E-state index in [4.69, 9.17) is 0 Å². The molecular formula is C24H28F3N3O5. The lowest BCUT2D eigenvalue weighted by atomic mass is 9.95. The molecule has 0 aromatic heterocycles. The zero-order valence-corrected chi connectivity index (χ0v) is 19.1. The van der Waals surface area contributed by atoms with Crippen LogP contribution in [0.5, 0.6) is 0 Å². The van der Waals surface area contributed by atoms with Crippen LogP contribution in [0.25, 0.3) is 0 Å².